The third-order valence-electron chi connectivity index (χ3n) is 2.38. The SMILES string of the molecule is CN1CCOc2ccc(C(F)(F)F)cc21. The van der Waals surface area contributed by atoms with Crippen LogP contribution >= 0.6 is 0 Å². The highest BCUT2D eigenvalue weighted by atomic mass is 19.4. The van der Waals surface area contributed by atoms with E-state index < -0.39 is 11.7 Å². The van der Waals surface area contributed by atoms with Crippen LogP contribution in [0.5, 0.6) is 5.75 Å². The van der Waals surface area contributed by atoms with Gasteiger partial charge in [-0.25, -0.2) is 0 Å². The number of benzene rings is 1. The molecule has 82 valence electrons. The van der Waals surface area contributed by atoms with Crippen LogP contribution in [0.2, 0.25) is 0 Å². The molecule has 0 saturated heterocycles. The van der Waals surface area contributed by atoms with Gasteiger partial charge in [0.1, 0.15) is 12.4 Å². The third-order valence-corrected chi connectivity index (χ3v) is 2.38. The summed E-state index contributed by atoms with van der Waals surface area (Å²) in [6.07, 6.45) is -4.30. The third kappa shape index (κ3) is 1.86. The second-order valence-electron chi connectivity index (χ2n) is 3.45. The fraction of sp³-hybridized carbons (Fsp3) is 0.400. The summed E-state index contributed by atoms with van der Waals surface area (Å²) in [4.78, 5) is 1.76. The summed E-state index contributed by atoms with van der Waals surface area (Å²) in [5, 5.41) is 0. The van der Waals surface area contributed by atoms with Crippen molar-refractivity contribution >= 4 is 5.69 Å². The molecule has 1 heterocycles. The Hall–Kier alpha value is -1.39. The molecular weight excluding hydrogens is 207 g/mol. The number of halogens is 3. The predicted octanol–water partition coefficient (Wildman–Crippen LogP) is 2.53. The second-order valence-corrected chi connectivity index (χ2v) is 3.45. The zero-order valence-electron chi connectivity index (χ0n) is 8.14. The van der Waals surface area contributed by atoms with Crippen LogP contribution in [0.3, 0.4) is 0 Å². The minimum atomic E-state index is -4.30. The molecule has 0 amide bonds. The van der Waals surface area contributed by atoms with Gasteiger partial charge in [-0.3, -0.25) is 0 Å². The van der Waals surface area contributed by atoms with Crippen LogP contribution in [-0.2, 0) is 6.18 Å². The van der Waals surface area contributed by atoms with E-state index in [1.165, 1.54) is 6.07 Å². The van der Waals surface area contributed by atoms with Gasteiger partial charge < -0.3 is 9.64 Å². The van der Waals surface area contributed by atoms with Crippen molar-refractivity contribution in [1.82, 2.24) is 0 Å². The van der Waals surface area contributed by atoms with Crippen LogP contribution in [0.1, 0.15) is 5.56 Å². The molecule has 15 heavy (non-hydrogen) atoms. The van der Waals surface area contributed by atoms with Crippen LogP contribution in [0.25, 0.3) is 0 Å². The van der Waals surface area contributed by atoms with Gasteiger partial charge in [-0.1, -0.05) is 0 Å². The number of rotatable bonds is 0. The first-order valence-electron chi connectivity index (χ1n) is 4.53. The maximum absolute atomic E-state index is 12.4. The number of fused-ring (bicyclic) bond motifs is 1. The van der Waals surface area contributed by atoms with Crippen molar-refractivity contribution in [1.29, 1.82) is 0 Å². The molecule has 1 aliphatic rings. The number of ether oxygens (including phenoxy) is 1. The second kappa shape index (κ2) is 3.32. The van der Waals surface area contributed by atoms with E-state index in [1.54, 1.807) is 11.9 Å². The van der Waals surface area contributed by atoms with Gasteiger partial charge in [-0.2, -0.15) is 13.2 Å². The first-order valence-corrected chi connectivity index (χ1v) is 4.53. The van der Waals surface area contributed by atoms with Gasteiger partial charge in [0.15, 0.2) is 0 Å². The fourth-order valence-corrected chi connectivity index (χ4v) is 1.53. The molecule has 0 N–H and O–H groups in total. The van der Waals surface area contributed by atoms with Crippen LogP contribution < -0.4 is 9.64 Å². The van der Waals surface area contributed by atoms with Crippen molar-refractivity contribution in [3.63, 3.8) is 0 Å². The van der Waals surface area contributed by atoms with Crippen LogP contribution in [0, 0.1) is 0 Å². The Bertz CT molecular complexity index is 375. The Kier molecular flexibility index (Phi) is 2.25. The maximum Gasteiger partial charge on any atom is 0.416 e. The Morgan fingerprint density at radius 2 is 2.07 bits per heavy atom. The van der Waals surface area contributed by atoms with E-state index in [2.05, 4.69) is 0 Å². The summed E-state index contributed by atoms with van der Waals surface area (Å²) in [5.41, 5.74) is -0.144. The highest BCUT2D eigenvalue weighted by Crippen LogP contribution is 2.37. The molecule has 1 aromatic carbocycles. The molecule has 1 aliphatic heterocycles. The van der Waals surface area contributed by atoms with Crippen molar-refractivity contribution in [3.05, 3.63) is 23.8 Å². The molecule has 0 bridgehead atoms. The van der Waals surface area contributed by atoms with E-state index in [-0.39, 0.29) is 0 Å². The summed E-state index contributed by atoms with van der Waals surface area (Å²) in [7, 11) is 1.75. The van der Waals surface area contributed by atoms with Crippen molar-refractivity contribution in [2.45, 2.75) is 6.18 Å². The van der Waals surface area contributed by atoms with Gasteiger partial charge in [0.25, 0.3) is 0 Å². The Balaban J connectivity index is 2.44. The van der Waals surface area contributed by atoms with Crippen molar-refractivity contribution < 1.29 is 17.9 Å². The smallest absolute Gasteiger partial charge is 0.416 e. The topological polar surface area (TPSA) is 12.5 Å². The summed E-state index contributed by atoms with van der Waals surface area (Å²) in [5.74, 6) is 0.511. The minimum Gasteiger partial charge on any atom is -0.490 e. The zero-order valence-corrected chi connectivity index (χ0v) is 8.14. The predicted molar refractivity (Wildman–Crippen MR) is 50.2 cm³/mol. The number of alkyl halides is 3. The lowest BCUT2D eigenvalue weighted by molar-refractivity contribution is -0.137. The van der Waals surface area contributed by atoms with Crippen molar-refractivity contribution in [2.24, 2.45) is 0 Å². The Morgan fingerprint density at radius 1 is 1.33 bits per heavy atom. The molecular formula is C10H10F3NO. The van der Waals surface area contributed by atoms with E-state index in [0.29, 0.717) is 24.6 Å². The molecule has 0 saturated carbocycles. The Labute approximate surface area is 85.3 Å². The van der Waals surface area contributed by atoms with Gasteiger partial charge in [-0.05, 0) is 18.2 Å². The lowest BCUT2D eigenvalue weighted by Crippen LogP contribution is -2.29. The number of nitrogens with zero attached hydrogens (tertiary/aromatic N) is 1. The van der Waals surface area contributed by atoms with Crippen molar-refractivity contribution in [2.75, 3.05) is 25.1 Å². The van der Waals surface area contributed by atoms with E-state index in [1.807, 2.05) is 0 Å². The van der Waals surface area contributed by atoms with Gasteiger partial charge in [0.05, 0.1) is 17.8 Å². The summed E-state index contributed by atoms with van der Waals surface area (Å²) in [6.45, 7) is 1.11. The molecule has 2 nitrogen and oxygen atoms in total. The lowest BCUT2D eigenvalue weighted by Gasteiger charge is -2.28. The quantitative estimate of drug-likeness (QED) is 0.662. The van der Waals surface area contributed by atoms with Gasteiger partial charge >= 0.3 is 6.18 Å². The minimum absolute atomic E-state index is 0.496. The molecule has 0 unspecified atom stereocenters. The first kappa shape index (κ1) is 10.1. The monoisotopic (exact) mass is 217 g/mol. The number of anilines is 1. The standard InChI is InChI=1S/C10H10F3NO/c1-14-4-5-15-9-3-2-7(6-8(9)14)10(11,12)13/h2-3,6H,4-5H2,1H3. The number of hydrogen-bond donors (Lipinski definition) is 0. The van der Waals surface area contributed by atoms with Gasteiger partial charge in [-0.15, -0.1) is 0 Å². The normalized spacial score (nSPS) is 15.9. The Morgan fingerprint density at radius 3 is 2.73 bits per heavy atom. The molecule has 0 aromatic heterocycles. The molecule has 0 radical (unpaired) electrons. The number of likely N-dealkylation sites (N-methyl/N-ethyl adjacent to an activating group) is 1. The summed E-state index contributed by atoms with van der Waals surface area (Å²) >= 11 is 0. The van der Waals surface area contributed by atoms with Crippen molar-refractivity contribution in [3.8, 4) is 5.75 Å². The van der Waals surface area contributed by atoms with Gasteiger partial charge in [0, 0.05) is 7.05 Å². The average Bonchev–Trinajstić information content (AvgIpc) is 2.16. The highest BCUT2D eigenvalue weighted by Gasteiger charge is 2.32. The lowest BCUT2D eigenvalue weighted by atomic mass is 10.1. The number of hydrogen-bond acceptors (Lipinski definition) is 2. The van der Waals surface area contributed by atoms with E-state index in [4.69, 9.17) is 4.74 Å². The first-order chi connectivity index (χ1) is 6.98. The van der Waals surface area contributed by atoms with Crippen LogP contribution in [-0.4, -0.2) is 20.2 Å². The maximum atomic E-state index is 12.4. The largest absolute Gasteiger partial charge is 0.490 e. The molecule has 0 fully saturated rings. The fourth-order valence-electron chi connectivity index (χ4n) is 1.53. The molecule has 0 spiro atoms. The molecule has 2 rings (SSSR count). The highest BCUT2D eigenvalue weighted by molar-refractivity contribution is 5.61. The van der Waals surface area contributed by atoms with E-state index in [9.17, 15) is 13.2 Å². The zero-order chi connectivity index (χ0) is 11.1. The molecule has 0 aliphatic carbocycles. The van der Waals surface area contributed by atoms with Crippen LogP contribution in [0.4, 0.5) is 18.9 Å². The van der Waals surface area contributed by atoms with Crippen LogP contribution in [0.15, 0.2) is 18.2 Å². The van der Waals surface area contributed by atoms with E-state index in [0.717, 1.165) is 12.1 Å². The molecule has 1 aromatic rings. The summed E-state index contributed by atoms with van der Waals surface area (Å²) in [6, 6.07) is 3.53. The summed E-state index contributed by atoms with van der Waals surface area (Å²) < 4.78 is 42.5. The van der Waals surface area contributed by atoms with Gasteiger partial charge in [0.2, 0.25) is 0 Å². The molecule has 0 atom stereocenters. The average molecular weight is 217 g/mol. The molecule has 5 heteroatoms. The van der Waals surface area contributed by atoms with E-state index >= 15 is 0 Å².